The Morgan fingerprint density at radius 2 is 2.00 bits per heavy atom. The minimum atomic E-state index is 0.287. The molecule has 2 aromatic heterocycles. The highest BCUT2D eigenvalue weighted by molar-refractivity contribution is 6.09. The summed E-state index contributed by atoms with van der Waals surface area (Å²) < 4.78 is 13.7. The Hall–Kier alpha value is -3.62. The molecule has 8 heteroatoms. The summed E-state index contributed by atoms with van der Waals surface area (Å²) in [6.45, 7) is 5.56. The van der Waals surface area contributed by atoms with E-state index in [1.807, 2.05) is 0 Å². The molecule has 2 fully saturated rings. The van der Waals surface area contributed by atoms with Crippen LogP contribution in [0.5, 0.6) is 5.75 Å². The van der Waals surface area contributed by atoms with Gasteiger partial charge in [-0.3, -0.25) is 0 Å². The largest absolute Gasteiger partial charge is 0.496 e. The Morgan fingerprint density at radius 3 is 2.79 bits per heavy atom. The van der Waals surface area contributed by atoms with Crippen LogP contribution in [0.3, 0.4) is 0 Å². The van der Waals surface area contributed by atoms with Gasteiger partial charge in [-0.2, -0.15) is 4.98 Å². The highest BCUT2D eigenvalue weighted by Crippen LogP contribution is 2.47. The molecule has 1 saturated carbocycles. The zero-order valence-corrected chi connectivity index (χ0v) is 24.8. The molecule has 2 aromatic carbocycles. The average molecular weight is 567 g/mol. The Morgan fingerprint density at radius 1 is 1.14 bits per heavy atom. The van der Waals surface area contributed by atoms with Gasteiger partial charge in [-0.15, -0.1) is 0 Å². The second-order valence-electron chi connectivity index (χ2n) is 12.5. The zero-order valence-electron chi connectivity index (χ0n) is 24.8. The lowest BCUT2D eigenvalue weighted by atomic mass is 9.64. The smallest absolute Gasteiger partial charge is 0.222 e. The first-order chi connectivity index (χ1) is 20.6. The lowest BCUT2D eigenvalue weighted by Crippen LogP contribution is -2.60. The molecule has 7 rings (SSSR count). The number of hydrogen-bond acceptors (Lipinski definition) is 7. The number of aromatic nitrogens is 3. The molecular formula is C34H42N6O2. The number of ether oxygens (including phenoxy) is 2. The fourth-order valence-electron chi connectivity index (χ4n) is 7.22. The van der Waals surface area contributed by atoms with Crippen LogP contribution in [-0.4, -0.2) is 53.5 Å². The lowest BCUT2D eigenvalue weighted by molar-refractivity contribution is -0.168. The molecule has 42 heavy (non-hydrogen) atoms. The van der Waals surface area contributed by atoms with E-state index in [2.05, 4.69) is 75.6 Å². The van der Waals surface area contributed by atoms with Crippen LogP contribution in [-0.2, 0) is 11.3 Å². The van der Waals surface area contributed by atoms with E-state index >= 15 is 0 Å². The average Bonchev–Trinajstić information content (AvgIpc) is 3.27. The van der Waals surface area contributed by atoms with Crippen molar-refractivity contribution in [2.24, 2.45) is 5.41 Å². The van der Waals surface area contributed by atoms with Crippen LogP contribution in [0.2, 0.25) is 0 Å². The van der Waals surface area contributed by atoms with Crippen LogP contribution in [0, 0.1) is 5.41 Å². The van der Waals surface area contributed by atoms with Crippen molar-refractivity contribution in [1.29, 1.82) is 0 Å². The van der Waals surface area contributed by atoms with E-state index in [1.54, 1.807) is 7.11 Å². The maximum absolute atomic E-state index is 6.20. The molecule has 2 aliphatic carbocycles. The van der Waals surface area contributed by atoms with Crippen molar-refractivity contribution in [1.82, 2.24) is 19.9 Å². The number of allylic oxidation sites excluding steroid dienone is 1. The predicted molar refractivity (Wildman–Crippen MR) is 170 cm³/mol. The van der Waals surface area contributed by atoms with Gasteiger partial charge in [0.15, 0.2) is 5.82 Å². The molecule has 0 amide bonds. The van der Waals surface area contributed by atoms with Crippen molar-refractivity contribution in [2.75, 3.05) is 37.9 Å². The number of rotatable bonds is 10. The molecule has 1 unspecified atom stereocenters. The third-order valence-electron chi connectivity index (χ3n) is 9.41. The van der Waals surface area contributed by atoms with Crippen LogP contribution in [0.1, 0.15) is 63.0 Å². The van der Waals surface area contributed by atoms with Gasteiger partial charge in [0, 0.05) is 35.0 Å². The molecule has 1 aliphatic heterocycles. The number of anilines is 2. The summed E-state index contributed by atoms with van der Waals surface area (Å²) in [5.74, 6) is 1.96. The number of nitrogen functional groups attached to an aromatic ring is 1. The van der Waals surface area contributed by atoms with Gasteiger partial charge in [0.05, 0.1) is 32.4 Å². The van der Waals surface area contributed by atoms with Crippen LogP contribution in [0.4, 0.5) is 11.8 Å². The second-order valence-corrected chi connectivity index (χ2v) is 12.5. The topological polar surface area (TPSA) is 99.2 Å². The fraction of sp³-hybridized carbons (Fsp3) is 0.471. The predicted octanol–water partition coefficient (Wildman–Crippen LogP) is 6.14. The molecule has 1 saturated heterocycles. The Kier molecular flexibility index (Phi) is 7.28. The quantitative estimate of drug-likeness (QED) is 0.198. The van der Waals surface area contributed by atoms with Gasteiger partial charge < -0.3 is 30.4 Å². The van der Waals surface area contributed by atoms with Crippen LogP contribution < -0.4 is 21.1 Å². The van der Waals surface area contributed by atoms with E-state index in [-0.39, 0.29) is 5.95 Å². The lowest BCUT2D eigenvalue weighted by Gasteiger charge is -2.54. The number of nitrogens with one attached hydrogen (secondary N) is 2. The van der Waals surface area contributed by atoms with Gasteiger partial charge in [0.2, 0.25) is 5.95 Å². The van der Waals surface area contributed by atoms with Gasteiger partial charge in [-0.25, -0.2) is 4.98 Å². The summed E-state index contributed by atoms with van der Waals surface area (Å²) >= 11 is 0. The van der Waals surface area contributed by atoms with E-state index in [1.165, 1.54) is 36.8 Å². The summed E-state index contributed by atoms with van der Waals surface area (Å²) in [5.41, 5.74) is 13.5. The minimum Gasteiger partial charge on any atom is -0.496 e. The van der Waals surface area contributed by atoms with Crippen molar-refractivity contribution in [3.63, 3.8) is 0 Å². The van der Waals surface area contributed by atoms with Gasteiger partial charge in [0.25, 0.3) is 0 Å². The fourth-order valence-corrected chi connectivity index (χ4v) is 7.22. The van der Waals surface area contributed by atoms with Gasteiger partial charge in [-0.05, 0) is 67.9 Å². The van der Waals surface area contributed by atoms with Gasteiger partial charge >= 0.3 is 0 Å². The first-order valence-electron chi connectivity index (χ1n) is 15.6. The molecule has 0 radical (unpaired) electrons. The number of nitrogens with two attached hydrogens (primary N) is 1. The van der Waals surface area contributed by atoms with Crippen molar-refractivity contribution < 1.29 is 9.47 Å². The number of hydrogen-bond donors (Lipinski definition) is 3. The number of para-hydroxylation sites is 1. The standard InChI is InChI=1S/C34H42N6O2/c1-3-4-14-36-32-31-30(38-33(35)39-32)27-10-5-6-11-28(27)40(31)19-24-15-23(12-13-29(24)41-2)22-8-7-9-25(16-22)37-26-17-34(18-26)20-42-21-34/h5-6,10-13,15-16,25-26,37H,3-4,7-9,14,17-21H2,1-2H3,(H3,35,36,38,39). The molecule has 1 atom stereocenters. The third-order valence-corrected chi connectivity index (χ3v) is 9.41. The van der Waals surface area contributed by atoms with Crippen molar-refractivity contribution in [3.8, 4) is 5.75 Å². The van der Waals surface area contributed by atoms with E-state index in [4.69, 9.17) is 20.2 Å². The minimum absolute atomic E-state index is 0.287. The van der Waals surface area contributed by atoms with Gasteiger partial charge in [-0.1, -0.05) is 43.7 Å². The molecular weight excluding hydrogens is 524 g/mol. The second kappa shape index (κ2) is 11.2. The first-order valence-corrected chi connectivity index (χ1v) is 15.6. The third kappa shape index (κ3) is 5.01. The molecule has 4 aromatic rings. The summed E-state index contributed by atoms with van der Waals surface area (Å²) in [6, 6.07) is 16.1. The van der Waals surface area contributed by atoms with Crippen molar-refractivity contribution >= 4 is 39.3 Å². The molecule has 0 bridgehead atoms. The SMILES string of the molecule is CCCCNc1nc(N)nc2c3ccccc3n(Cc3cc(C4=CC(NC5CC6(COC6)C5)CCC4)ccc3OC)c12. The highest BCUT2D eigenvalue weighted by atomic mass is 16.5. The zero-order chi connectivity index (χ0) is 28.7. The van der Waals surface area contributed by atoms with E-state index in [9.17, 15) is 0 Å². The van der Waals surface area contributed by atoms with E-state index < -0.39 is 0 Å². The maximum Gasteiger partial charge on any atom is 0.222 e. The monoisotopic (exact) mass is 566 g/mol. The van der Waals surface area contributed by atoms with Crippen LogP contribution in [0.25, 0.3) is 27.5 Å². The molecule has 3 heterocycles. The number of methoxy groups -OCH3 is 1. The molecule has 4 N–H and O–H groups in total. The summed E-state index contributed by atoms with van der Waals surface area (Å²) in [4.78, 5) is 9.35. The summed E-state index contributed by atoms with van der Waals surface area (Å²) in [7, 11) is 1.75. The highest BCUT2D eigenvalue weighted by Gasteiger charge is 2.49. The van der Waals surface area contributed by atoms with Gasteiger partial charge in [0.1, 0.15) is 16.8 Å². The van der Waals surface area contributed by atoms with Crippen molar-refractivity contribution in [2.45, 2.75) is 70.5 Å². The van der Waals surface area contributed by atoms with E-state index in [0.717, 1.165) is 78.1 Å². The first kappa shape index (κ1) is 27.2. The molecule has 8 nitrogen and oxygen atoms in total. The van der Waals surface area contributed by atoms with Crippen LogP contribution >= 0.6 is 0 Å². The number of fused-ring (bicyclic) bond motifs is 3. The number of unbranched alkanes of at least 4 members (excludes halogenated alkanes) is 1. The number of nitrogens with zero attached hydrogens (tertiary/aromatic N) is 3. The molecule has 220 valence electrons. The Balaban J connectivity index is 1.22. The molecule has 3 aliphatic rings. The summed E-state index contributed by atoms with van der Waals surface area (Å²) in [5, 5.41) is 8.55. The van der Waals surface area contributed by atoms with E-state index in [0.29, 0.717) is 24.0 Å². The molecule has 1 spiro atoms. The Labute approximate surface area is 247 Å². The summed E-state index contributed by atoms with van der Waals surface area (Å²) in [6.07, 6.45) is 10.6. The normalized spacial score (nSPS) is 20.0. The maximum atomic E-state index is 6.20. The Bertz CT molecular complexity index is 1630. The number of benzene rings is 2. The van der Waals surface area contributed by atoms with Crippen molar-refractivity contribution in [3.05, 3.63) is 59.7 Å². The van der Waals surface area contributed by atoms with Crippen LogP contribution in [0.15, 0.2) is 48.5 Å².